The highest BCUT2D eigenvalue weighted by Crippen LogP contribution is 2.30. The van der Waals surface area contributed by atoms with E-state index in [1.807, 2.05) is 0 Å². The maximum Gasteiger partial charge on any atom is 0.490 e. The number of alkyl halides is 3. The van der Waals surface area contributed by atoms with Crippen LogP contribution in [0.5, 0.6) is 0 Å². The molecule has 1 aliphatic rings. The predicted octanol–water partition coefficient (Wildman–Crippen LogP) is 3.14. The van der Waals surface area contributed by atoms with Crippen LogP contribution < -0.4 is 5.73 Å². The van der Waals surface area contributed by atoms with E-state index in [9.17, 15) is 13.2 Å². The molecule has 1 saturated carbocycles. The van der Waals surface area contributed by atoms with Crippen LogP contribution in [0, 0.1) is 11.8 Å². The first-order chi connectivity index (χ1) is 8.81. The van der Waals surface area contributed by atoms with Gasteiger partial charge in [-0.15, -0.1) is 0 Å². The highest BCUT2D eigenvalue weighted by Gasteiger charge is 2.38. The van der Waals surface area contributed by atoms with Crippen molar-refractivity contribution in [2.24, 2.45) is 17.6 Å². The molecule has 7 heteroatoms. The van der Waals surface area contributed by atoms with Gasteiger partial charge in [0.05, 0.1) is 0 Å². The molecule has 1 aliphatic carbocycles. The van der Waals surface area contributed by atoms with Crippen molar-refractivity contribution in [2.75, 3.05) is 18.1 Å². The van der Waals surface area contributed by atoms with Crippen LogP contribution in [0.25, 0.3) is 0 Å². The van der Waals surface area contributed by atoms with Gasteiger partial charge in [0.25, 0.3) is 0 Å². The SMILES string of the molecule is CCSC[C@H]1CC[C@H](CN)CC1.O=C(O)C(F)(F)F. The maximum absolute atomic E-state index is 10.6. The third-order valence-corrected chi connectivity index (χ3v) is 4.22. The number of hydrogen-bond acceptors (Lipinski definition) is 3. The van der Waals surface area contributed by atoms with Crippen LogP contribution in [-0.4, -0.2) is 35.3 Å². The first-order valence-electron chi connectivity index (χ1n) is 6.39. The molecule has 0 spiro atoms. The van der Waals surface area contributed by atoms with Crippen LogP contribution in [0.4, 0.5) is 13.2 Å². The van der Waals surface area contributed by atoms with Gasteiger partial charge in [-0.25, -0.2) is 4.79 Å². The summed E-state index contributed by atoms with van der Waals surface area (Å²) in [5, 5.41) is 7.12. The van der Waals surface area contributed by atoms with Gasteiger partial charge in [0.15, 0.2) is 0 Å². The Hall–Kier alpha value is -0.430. The smallest absolute Gasteiger partial charge is 0.475 e. The van der Waals surface area contributed by atoms with E-state index in [0.29, 0.717) is 0 Å². The normalized spacial score (nSPS) is 23.4. The van der Waals surface area contributed by atoms with E-state index in [-0.39, 0.29) is 0 Å². The Balaban J connectivity index is 0.000000399. The molecular formula is C12H22F3NO2S. The van der Waals surface area contributed by atoms with Gasteiger partial charge in [0.2, 0.25) is 0 Å². The largest absolute Gasteiger partial charge is 0.490 e. The van der Waals surface area contributed by atoms with Crippen molar-refractivity contribution in [1.82, 2.24) is 0 Å². The summed E-state index contributed by atoms with van der Waals surface area (Å²) in [6, 6.07) is 0. The van der Waals surface area contributed by atoms with Crippen molar-refractivity contribution in [3.05, 3.63) is 0 Å². The van der Waals surface area contributed by atoms with Gasteiger partial charge >= 0.3 is 12.1 Å². The third kappa shape index (κ3) is 9.15. The molecule has 0 heterocycles. The van der Waals surface area contributed by atoms with Gasteiger partial charge in [-0.05, 0) is 55.6 Å². The van der Waals surface area contributed by atoms with E-state index >= 15 is 0 Å². The summed E-state index contributed by atoms with van der Waals surface area (Å²) in [6.07, 6.45) is 0.528. The Morgan fingerprint density at radius 3 is 2.00 bits per heavy atom. The van der Waals surface area contributed by atoms with E-state index < -0.39 is 12.1 Å². The summed E-state index contributed by atoms with van der Waals surface area (Å²) >= 11 is 2.09. The fourth-order valence-electron chi connectivity index (χ4n) is 1.92. The first kappa shape index (κ1) is 18.6. The highest BCUT2D eigenvalue weighted by molar-refractivity contribution is 7.99. The summed E-state index contributed by atoms with van der Waals surface area (Å²) in [7, 11) is 0. The number of carbonyl (C=O) groups is 1. The molecule has 1 rings (SSSR count). The summed E-state index contributed by atoms with van der Waals surface area (Å²) in [5.41, 5.74) is 5.64. The van der Waals surface area contributed by atoms with Crippen LogP contribution in [-0.2, 0) is 4.79 Å². The predicted molar refractivity (Wildman–Crippen MR) is 71.2 cm³/mol. The molecule has 0 saturated heterocycles. The van der Waals surface area contributed by atoms with Crippen LogP contribution in [0.3, 0.4) is 0 Å². The topological polar surface area (TPSA) is 63.3 Å². The van der Waals surface area contributed by atoms with Gasteiger partial charge in [0.1, 0.15) is 0 Å². The second-order valence-corrected chi connectivity index (χ2v) is 5.90. The number of thioether (sulfide) groups is 1. The van der Waals surface area contributed by atoms with E-state index in [4.69, 9.17) is 15.6 Å². The van der Waals surface area contributed by atoms with Crippen LogP contribution >= 0.6 is 11.8 Å². The van der Waals surface area contributed by atoms with E-state index in [2.05, 4.69) is 18.7 Å². The van der Waals surface area contributed by atoms with E-state index in [0.717, 1.165) is 18.4 Å². The number of rotatable bonds is 4. The minimum absolute atomic E-state index is 0.841. The lowest BCUT2D eigenvalue weighted by Crippen LogP contribution is -2.22. The van der Waals surface area contributed by atoms with Crippen molar-refractivity contribution < 1.29 is 23.1 Å². The summed E-state index contributed by atoms with van der Waals surface area (Å²) in [6.45, 7) is 3.16. The van der Waals surface area contributed by atoms with E-state index in [1.54, 1.807) is 0 Å². The minimum Gasteiger partial charge on any atom is -0.475 e. The Morgan fingerprint density at radius 2 is 1.68 bits per heavy atom. The van der Waals surface area contributed by atoms with Crippen LogP contribution in [0.2, 0.25) is 0 Å². The standard InChI is InChI=1S/C10H21NS.C2HF3O2/c1-2-12-8-10-5-3-9(7-11)4-6-10;3-2(4,5)1(6)7/h9-10H,2-8,11H2,1H3;(H,6,7)/t9-,10-;. The molecule has 0 unspecified atom stereocenters. The number of hydrogen-bond donors (Lipinski definition) is 2. The third-order valence-electron chi connectivity index (χ3n) is 3.10. The molecule has 3 N–H and O–H groups in total. The van der Waals surface area contributed by atoms with Gasteiger partial charge in [0, 0.05) is 0 Å². The Morgan fingerprint density at radius 1 is 1.26 bits per heavy atom. The fraction of sp³-hybridized carbons (Fsp3) is 0.917. The first-order valence-corrected chi connectivity index (χ1v) is 7.54. The van der Waals surface area contributed by atoms with Crippen molar-refractivity contribution in [3.8, 4) is 0 Å². The average molecular weight is 301 g/mol. The second kappa shape index (κ2) is 9.47. The van der Waals surface area contributed by atoms with Crippen molar-refractivity contribution in [2.45, 2.75) is 38.8 Å². The van der Waals surface area contributed by atoms with Gasteiger partial charge in [-0.3, -0.25) is 0 Å². The Bertz CT molecular complexity index is 254. The molecule has 3 nitrogen and oxygen atoms in total. The Labute approximate surface area is 116 Å². The molecule has 0 atom stereocenters. The molecule has 0 aliphatic heterocycles. The monoisotopic (exact) mass is 301 g/mol. The lowest BCUT2D eigenvalue weighted by Gasteiger charge is -2.27. The summed E-state index contributed by atoms with van der Waals surface area (Å²) in [4.78, 5) is 8.90. The second-order valence-electron chi connectivity index (χ2n) is 4.58. The van der Waals surface area contributed by atoms with Crippen molar-refractivity contribution in [1.29, 1.82) is 0 Å². The van der Waals surface area contributed by atoms with Gasteiger partial charge in [-0.2, -0.15) is 24.9 Å². The number of aliphatic carboxylic acids is 1. The molecule has 19 heavy (non-hydrogen) atoms. The van der Waals surface area contributed by atoms with E-state index in [1.165, 1.54) is 37.2 Å². The maximum atomic E-state index is 10.6. The number of halogens is 3. The zero-order valence-electron chi connectivity index (χ0n) is 11.1. The molecular weight excluding hydrogens is 279 g/mol. The summed E-state index contributed by atoms with van der Waals surface area (Å²) in [5.74, 6) is 1.74. The zero-order chi connectivity index (χ0) is 14.9. The molecule has 0 radical (unpaired) electrons. The van der Waals surface area contributed by atoms with Crippen molar-refractivity contribution in [3.63, 3.8) is 0 Å². The lowest BCUT2D eigenvalue weighted by molar-refractivity contribution is -0.192. The van der Waals surface area contributed by atoms with Gasteiger partial charge in [-0.1, -0.05) is 6.92 Å². The molecule has 114 valence electrons. The van der Waals surface area contributed by atoms with Gasteiger partial charge < -0.3 is 10.8 Å². The highest BCUT2D eigenvalue weighted by atomic mass is 32.2. The molecule has 1 fully saturated rings. The molecule has 0 aromatic rings. The quantitative estimate of drug-likeness (QED) is 0.837. The fourth-order valence-corrected chi connectivity index (χ4v) is 2.82. The average Bonchev–Trinajstić information content (AvgIpc) is 2.36. The zero-order valence-corrected chi connectivity index (χ0v) is 11.9. The number of nitrogens with two attached hydrogens (primary N) is 1. The molecule has 0 aromatic heterocycles. The number of carboxylic acids is 1. The Kier molecular flexibility index (Phi) is 9.26. The van der Waals surface area contributed by atoms with Crippen LogP contribution in [0.15, 0.2) is 0 Å². The number of carboxylic acid groups (broad SMARTS) is 1. The minimum atomic E-state index is -5.08. The molecule has 0 amide bonds. The summed E-state index contributed by atoms with van der Waals surface area (Å²) < 4.78 is 31.7. The molecule has 0 aromatic carbocycles. The van der Waals surface area contributed by atoms with Crippen LogP contribution in [0.1, 0.15) is 32.6 Å². The lowest BCUT2D eigenvalue weighted by atomic mass is 9.83. The van der Waals surface area contributed by atoms with Crippen molar-refractivity contribution >= 4 is 17.7 Å². The molecule has 0 bridgehead atoms.